The van der Waals surface area contributed by atoms with Gasteiger partial charge in [0.15, 0.2) is 0 Å². The highest BCUT2D eigenvalue weighted by Crippen LogP contribution is 2.34. The summed E-state index contributed by atoms with van der Waals surface area (Å²) in [7, 11) is 5.24. The number of nitro groups is 2. The molecule has 60 heavy (non-hydrogen) atoms. The summed E-state index contributed by atoms with van der Waals surface area (Å²) in [5.74, 6) is -0.786. The maximum absolute atomic E-state index is 12.3. The van der Waals surface area contributed by atoms with Crippen molar-refractivity contribution in [1.29, 1.82) is 0 Å². The fraction of sp³-hybridized carbons (Fsp3) is 0.163. The largest absolute Gasteiger partial charge is 0.496 e. The molecule has 6 aromatic rings. The predicted octanol–water partition coefficient (Wildman–Crippen LogP) is 6.69. The molecule has 6 rings (SSSR count). The molecule has 2 aromatic heterocycles. The Morgan fingerprint density at radius 1 is 0.600 bits per heavy atom. The van der Waals surface area contributed by atoms with Crippen LogP contribution in [0.15, 0.2) is 131 Å². The number of carboxylic acid groups (broad SMARTS) is 1. The van der Waals surface area contributed by atoms with Crippen LogP contribution in [0.4, 0.5) is 11.4 Å². The normalized spacial score (nSPS) is 10.0. The maximum atomic E-state index is 12.3. The second-order valence-corrected chi connectivity index (χ2v) is 12.2. The van der Waals surface area contributed by atoms with E-state index in [2.05, 4.69) is 0 Å². The number of hydrogen-bond acceptors (Lipinski definition) is 12. The zero-order valence-corrected chi connectivity index (χ0v) is 32.1. The Bertz CT molecular complexity index is 2620. The van der Waals surface area contributed by atoms with Crippen molar-refractivity contribution in [3.63, 3.8) is 0 Å². The first-order chi connectivity index (χ1) is 28.3. The highest BCUT2D eigenvalue weighted by atomic mass is 16.6. The lowest BCUT2D eigenvalue weighted by molar-refractivity contribution is -0.385. The molecule has 4 aromatic carbocycles. The number of hydrogen-bond donors (Lipinski definition) is 2. The lowest BCUT2D eigenvalue weighted by Crippen LogP contribution is -2.26. The topological polar surface area (TPSA) is 233 Å². The van der Waals surface area contributed by atoms with Gasteiger partial charge in [0.25, 0.3) is 22.5 Å². The molecular weight excluding hydrogens is 780 g/mol. The first-order valence-corrected chi connectivity index (χ1v) is 17.3. The van der Waals surface area contributed by atoms with E-state index in [0.29, 0.717) is 44.9 Å². The summed E-state index contributed by atoms with van der Waals surface area (Å²) < 4.78 is 18.0. The Kier molecular flexibility index (Phi) is 16.7. The molecule has 312 valence electrons. The number of carbonyl (C=O) groups excluding carboxylic acids is 1. The monoisotopic (exact) mass is 822 g/mol. The molecule has 17 nitrogen and oxygen atoms in total. The molecule has 0 amide bonds. The third-order valence-corrected chi connectivity index (χ3v) is 8.66. The summed E-state index contributed by atoms with van der Waals surface area (Å²) in [6.45, 7) is 0.156. The number of nitro benzene ring substituents is 2. The number of nitrogens with zero attached hydrogens (tertiary/aromatic N) is 4. The molecule has 0 unspecified atom stereocenters. The third kappa shape index (κ3) is 11.1. The average molecular weight is 823 g/mol. The van der Waals surface area contributed by atoms with Crippen LogP contribution in [-0.4, -0.2) is 69.6 Å². The van der Waals surface area contributed by atoms with E-state index in [1.54, 1.807) is 60.7 Å². The van der Waals surface area contributed by atoms with Crippen molar-refractivity contribution in [2.24, 2.45) is 0 Å². The SMILES string of the molecule is C.CO.COC(=O)c1cccc(=O)n1Cc1ccc(OC)c(-c2cccc([N+](=O)[O-])c2)c1.COc1ccc(Cn2c(C(=O)O)cccc2=O)cc1-c1cccc([N+](=O)[O-])c1. The molecule has 0 bridgehead atoms. The van der Waals surface area contributed by atoms with Crippen LogP contribution < -0.4 is 20.6 Å². The van der Waals surface area contributed by atoms with Crippen LogP contribution in [0.1, 0.15) is 39.5 Å². The van der Waals surface area contributed by atoms with Gasteiger partial charge in [-0.1, -0.05) is 56.0 Å². The van der Waals surface area contributed by atoms with Gasteiger partial charge in [-0.05, 0) is 58.7 Å². The van der Waals surface area contributed by atoms with Crippen molar-refractivity contribution in [3.05, 3.63) is 185 Å². The van der Waals surface area contributed by atoms with Crippen molar-refractivity contribution >= 4 is 23.3 Å². The number of ether oxygens (including phenoxy) is 3. The number of rotatable bonds is 12. The number of aromatic carboxylic acids is 1. The Morgan fingerprint density at radius 3 is 1.38 bits per heavy atom. The van der Waals surface area contributed by atoms with E-state index in [9.17, 15) is 44.5 Å². The highest BCUT2D eigenvalue weighted by molar-refractivity contribution is 5.87. The molecule has 0 atom stereocenters. The smallest absolute Gasteiger partial charge is 0.354 e. The maximum Gasteiger partial charge on any atom is 0.354 e. The van der Waals surface area contributed by atoms with Crippen LogP contribution in [0, 0.1) is 20.2 Å². The first-order valence-electron chi connectivity index (χ1n) is 17.3. The minimum absolute atomic E-state index is 0. The fourth-order valence-corrected chi connectivity index (χ4v) is 5.93. The number of aliphatic hydroxyl groups excluding tert-OH is 1. The van der Waals surface area contributed by atoms with Gasteiger partial charge in [0.2, 0.25) is 0 Å². The second kappa shape index (κ2) is 21.6. The molecule has 2 N–H and O–H groups in total. The number of esters is 1. The molecule has 0 aliphatic heterocycles. The molecule has 0 saturated heterocycles. The summed E-state index contributed by atoms with van der Waals surface area (Å²) in [5.41, 5.74) is 2.91. The van der Waals surface area contributed by atoms with Gasteiger partial charge >= 0.3 is 11.9 Å². The molecule has 0 saturated carbocycles. The van der Waals surface area contributed by atoms with Crippen LogP contribution in [0.25, 0.3) is 22.3 Å². The van der Waals surface area contributed by atoms with Crippen LogP contribution >= 0.6 is 0 Å². The number of aliphatic hydroxyl groups is 1. The summed E-state index contributed by atoms with van der Waals surface area (Å²) in [6, 6.07) is 31.1. The Balaban J connectivity index is 0.000000303. The molecule has 0 aliphatic carbocycles. The molecule has 17 heteroatoms. The fourth-order valence-electron chi connectivity index (χ4n) is 5.93. The molecule has 0 aliphatic rings. The molecule has 0 fully saturated rings. The van der Waals surface area contributed by atoms with Crippen molar-refractivity contribution in [1.82, 2.24) is 9.13 Å². The minimum Gasteiger partial charge on any atom is -0.496 e. The van der Waals surface area contributed by atoms with Crippen molar-refractivity contribution in [2.75, 3.05) is 28.4 Å². The van der Waals surface area contributed by atoms with Gasteiger partial charge in [0.1, 0.15) is 22.9 Å². The van der Waals surface area contributed by atoms with Crippen LogP contribution in [-0.2, 0) is 17.8 Å². The van der Waals surface area contributed by atoms with Crippen LogP contribution in [0.3, 0.4) is 0 Å². The average Bonchev–Trinajstić information content (AvgIpc) is 3.25. The van der Waals surface area contributed by atoms with E-state index in [0.717, 1.165) is 11.7 Å². The van der Waals surface area contributed by atoms with Crippen molar-refractivity contribution < 1.29 is 43.9 Å². The van der Waals surface area contributed by atoms with Gasteiger partial charge in [-0.15, -0.1) is 0 Å². The van der Waals surface area contributed by atoms with Gasteiger partial charge in [0, 0.05) is 54.6 Å². The zero-order valence-electron chi connectivity index (χ0n) is 32.1. The predicted molar refractivity (Wildman–Crippen MR) is 223 cm³/mol. The summed E-state index contributed by atoms with van der Waals surface area (Å²) in [5, 5.41) is 38.5. The number of benzene rings is 4. The van der Waals surface area contributed by atoms with E-state index >= 15 is 0 Å². The first kappa shape index (κ1) is 46.5. The van der Waals surface area contributed by atoms with Gasteiger partial charge in [0.05, 0.1) is 44.3 Å². The van der Waals surface area contributed by atoms with Crippen molar-refractivity contribution in [3.8, 4) is 33.8 Å². The van der Waals surface area contributed by atoms with Crippen LogP contribution in [0.5, 0.6) is 11.5 Å². The Labute approximate surface area is 343 Å². The standard InChI is InChI=1S/C21H18N2O6.C20H16N2O6.CH4O.CH4/c1-28-19-10-9-14(11-17(19)15-5-3-6-16(12-15)23(26)27)13-22-18(21(25)29-2)7-4-8-20(22)24;1-28-18-9-8-13(12-21-17(20(24)25)6-3-7-19(21)23)10-16(18)14-4-2-5-15(11-14)22(26)27;1-2;/h3-12H,13H2,1-2H3;2-11H,12H2,1H3,(H,24,25);2H,1H3;1H4. The quantitative estimate of drug-likeness (QED) is 0.0745. The van der Waals surface area contributed by atoms with E-state index in [4.69, 9.17) is 19.3 Å². The molecular formula is C43H42N4O13. The van der Waals surface area contributed by atoms with E-state index in [-0.39, 0.29) is 48.8 Å². The van der Waals surface area contributed by atoms with E-state index in [1.165, 1.54) is 86.6 Å². The lowest BCUT2D eigenvalue weighted by atomic mass is 10.0. The van der Waals surface area contributed by atoms with E-state index in [1.807, 2.05) is 0 Å². The number of aromatic nitrogens is 2. The Hall–Kier alpha value is -7.92. The lowest BCUT2D eigenvalue weighted by Gasteiger charge is -2.14. The van der Waals surface area contributed by atoms with Crippen molar-refractivity contribution in [2.45, 2.75) is 20.5 Å². The molecule has 0 radical (unpaired) electrons. The van der Waals surface area contributed by atoms with Gasteiger partial charge < -0.3 is 24.4 Å². The minimum atomic E-state index is -1.20. The number of carboxylic acids is 1. The molecule has 0 spiro atoms. The van der Waals surface area contributed by atoms with Gasteiger partial charge in [-0.3, -0.25) is 39.0 Å². The van der Waals surface area contributed by atoms with Gasteiger partial charge in [-0.2, -0.15) is 0 Å². The van der Waals surface area contributed by atoms with Gasteiger partial charge in [-0.25, -0.2) is 9.59 Å². The summed E-state index contributed by atoms with van der Waals surface area (Å²) >= 11 is 0. The second-order valence-electron chi connectivity index (χ2n) is 12.2. The Morgan fingerprint density at radius 2 is 1.00 bits per heavy atom. The molecule has 2 heterocycles. The summed E-state index contributed by atoms with van der Waals surface area (Å²) in [4.78, 5) is 69.1. The third-order valence-electron chi connectivity index (χ3n) is 8.66. The van der Waals surface area contributed by atoms with E-state index < -0.39 is 27.3 Å². The zero-order chi connectivity index (χ0) is 43.2. The highest BCUT2D eigenvalue weighted by Gasteiger charge is 2.17. The summed E-state index contributed by atoms with van der Waals surface area (Å²) in [6.07, 6.45) is 0. The number of non-ortho nitro benzene ring substituents is 2. The number of pyridine rings is 2. The van der Waals surface area contributed by atoms with Crippen LogP contribution in [0.2, 0.25) is 0 Å². The number of carbonyl (C=O) groups is 2. The number of methoxy groups -OCH3 is 3.